The van der Waals surface area contributed by atoms with Crippen LogP contribution in [0, 0.1) is 0 Å². The molecular formula is C7H12O4. The van der Waals surface area contributed by atoms with Gasteiger partial charge in [-0.15, -0.1) is 6.58 Å². The highest BCUT2D eigenvalue weighted by molar-refractivity contribution is 4.74. The third-order valence-electron chi connectivity index (χ3n) is 1.41. The zero-order valence-corrected chi connectivity index (χ0v) is 6.19. The Labute approximate surface area is 65.0 Å². The second kappa shape index (κ2) is 3.32. The predicted molar refractivity (Wildman–Crippen MR) is 37.4 cm³/mol. The quantitative estimate of drug-likeness (QED) is 0.557. The maximum absolute atomic E-state index is 9.37. The van der Waals surface area contributed by atoms with Gasteiger partial charge in [0, 0.05) is 12.8 Å². The molecule has 1 heterocycles. The fraction of sp³-hybridized carbons (Fsp3) is 0.714. The molecule has 1 rings (SSSR count). The highest BCUT2D eigenvalue weighted by atomic mass is 16.9. The minimum Gasteiger partial charge on any atom is -0.368 e. The van der Waals surface area contributed by atoms with Crippen molar-refractivity contribution in [1.29, 1.82) is 0 Å². The molecule has 2 unspecified atom stereocenters. The Morgan fingerprint density at radius 3 is 3.00 bits per heavy atom. The predicted octanol–water partition coefficient (Wildman–Crippen LogP) is -0.0361. The lowest BCUT2D eigenvalue weighted by molar-refractivity contribution is -0.423. The Kier molecular flexibility index (Phi) is 2.62. The summed E-state index contributed by atoms with van der Waals surface area (Å²) in [6.07, 6.45) is 1.08. The molecule has 0 spiro atoms. The molecule has 4 heteroatoms. The van der Waals surface area contributed by atoms with Crippen molar-refractivity contribution in [2.75, 3.05) is 6.61 Å². The van der Waals surface area contributed by atoms with E-state index in [1.54, 1.807) is 0 Å². The van der Waals surface area contributed by atoms with E-state index in [0.717, 1.165) is 0 Å². The SMILES string of the molecule is C=CCC1(O)OCCC(O)O1. The first-order chi connectivity index (χ1) is 5.16. The molecule has 0 bridgehead atoms. The maximum atomic E-state index is 9.37. The Balaban J connectivity index is 2.47. The number of rotatable bonds is 2. The zero-order valence-electron chi connectivity index (χ0n) is 6.19. The van der Waals surface area contributed by atoms with Gasteiger partial charge in [-0.25, -0.2) is 0 Å². The molecular weight excluding hydrogens is 148 g/mol. The Hall–Kier alpha value is -0.420. The second-order valence-electron chi connectivity index (χ2n) is 2.42. The summed E-state index contributed by atoms with van der Waals surface area (Å²) in [5.74, 6) is -1.67. The monoisotopic (exact) mass is 160 g/mol. The van der Waals surface area contributed by atoms with Crippen LogP contribution in [0.3, 0.4) is 0 Å². The number of aliphatic hydroxyl groups excluding tert-OH is 1. The molecule has 64 valence electrons. The van der Waals surface area contributed by atoms with Gasteiger partial charge in [-0.1, -0.05) is 6.08 Å². The van der Waals surface area contributed by atoms with Crippen molar-refractivity contribution in [3.05, 3.63) is 12.7 Å². The van der Waals surface area contributed by atoms with Gasteiger partial charge in [-0.05, 0) is 0 Å². The molecule has 0 aromatic carbocycles. The van der Waals surface area contributed by atoms with Crippen LogP contribution in [0.25, 0.3) is 0 Å². The van der Waals surface area contributed by atoms with E-state index in [9.17, 15) is 5.11 Å². The highest BCUT2D eigenvalue weighted by Gasteiger charge is 2.34. The van der Waals surface area contributed by atoms with Crippen molar-refractivity contribution in [1.82, 2.24) is 0 Å². The molecule has 0 radical (unpaired) electrons. The smallest absolute Gasteiger partial charge is 0.286 e. The molecule has 4 nitrogen and oxygen atoms in total. The summed E-state index contributed by atoms with van der Waals surface area (Å²) < 4.78 is 9.61. The van der Waals surface area contributed by atoms with E-state index in [0.29, 0.717) is 13.0 Å². The second-order valence-corrected chi connectivity index (χ2v) is 2.42. The number of ether oxygens (including phenoxy) is 2. The highest BCUT2D eigenvalue weighted by Crippen LogP contribution is 2.22. The van der Waals surface area contributed by atoms with Gasteiger partial charge in [-0.2, -0.15) is 0 Å². The average Bonchev–Trinajstić information content (AvgIpc) is 1.86. The average molecular weight is 160 g/mol. The Bertz CT molecular complexity index is 147. The standard InChI is InChI=1S/C7H12O4/c1-2-4-7(9)10-5-3-6(8)11-7/h2,6,8-9H,1,3-5H2. The van der Waals surface area contributed by atoms with E-state index in [4.69, 9.17) is 14.6 Å². The molecule has 11 heavy (non-hydrogen) atoms. The lowest BCUT2D eigenvalue weighted by Crippen LogP contribution is -2.44. The first-order valence-corrected chi connectivity index (χ1v) is 3.49. The molecule has 1 fully saturated rings. The van der Waals surface area contributed by atoms with E-state index in [2.05, 4.69) is 6.58 Å². The van der Waals surface area contributed by atoms with Crippen molar-refractivity contribution in [3.8, 4) is 0 Å². The molecule has 0 saturated carbocycles. The van der Waals surface area contributed by atoms with Crippen LogP contribution in [-0.2, 0) is 9.47 Å². The minimum atomic E-state index is -1.67. The fourth-order valence-electron chi connectivity index (χ4n) is 0.914. The van der Waals surface area contributed by atoms with Crippen LogP contribution in [0.2, 0.25) is 0 Å². The molecule has 0 aromatic rings. The minimum absolute atomic E-state index is 0.157. The molecule has 0 aromatic heterocycles. The molecule has 2 atom stereocenters. The summed E-state index contributed by atoms with van der Waals surface area (Å²) >= 11 is 0. The van der Waals surface area contributed by atoms with Crippen LogP contribution in [0.4, 0.5) is 0 Å². The Morgan fingerprint density at radius 1 is 1.73 bits per heavy atom. The summed E-state index contributed by atoms with van der Waals surface area (Å²) in [7, 11) is 0. The summed E-state index contributed by atoms with van der Waals surface area (Å²) in [6.45, 7) is 3.72. The van der Waals surface area contributed by atoms with Crippen molar-refractivity contribution in [2.45, 2.75) is 25.1 Å². The van der Waals surface area contributed by atoms with E-state index in [1.165, 1.54) is 6.08 Å². The van der Waals surface area contributed by atoms with Crippen molar-refractivity contribution < 1.29 is 19.7 Å². The van der Waals surface area contributed by atoms with Crippen LogP contribution < -0.4 is 0 Å². The van der Waals surface area contributed by atoms with Crippen molar-refractivity contribution in [3.63, 3.8) is 0 Å². The lowest BCUT2D eigenvalue weighted by atomic mass is 10.3. The van der Waals surface area contributed by atoms with Crippen molar-refractivity contribution in [2.24, 2.45) is 0 Å². The molecule has 0 amide bonds. The van der Waals surface area contributed by atoms with Gasteiger partial charge in [-0.3, -0.25) is 4.74 Å². The molecule has 1 saturated heterocycles. The first kappa shape index (κ1) is 8.67. The summed E-state index contributed by atoms with van der Waals surface area (Å²) in [6, 6.07) is 0. The van der Waals surface area contributed by atoms with Crippen LogP contribution in [-0.4, -0.2) is 29.1 Å². The topological polar surface area (TPSA) is 58.9 Å². The third kappa shape index (κ3) is 2.27. The van der Waals surface area contributed by atoms with Gasteiger partial charge in [0.25, 0.3) is 5.97 Å². The maximum Gasteiger partial charge on any atom is 0.286 e. The van der Waals surface area contributed by atoms with Crippen molar-refractivity contribution >= 4 is 0 Å². The summed E-state index contributed by atoms with van der Waals surface area (Å²) in [5, 5.41) is 18.3. The van der Waals surface area contributed by atoms with Gasteiger partial charge in [0.2, 0.25) is 0 Å². The number of hydrogen-bond donors (Lipinski definition) is 2. The van der Waals surface area contributed by atoms with Gasteiger partial charge in [0.05, 0.1) is 6.61 Å². The van der Waals surface area contributed by atoms with Gasteiger partial charge < -0.3 is 14.9 Å². The third-order valence-corrected chi connectivity index (χ3v) is 1.41. The van der Waals surface area contributed by atoms with E-state index < -0.39 is 12.3 Å². The van der Waals surface area contributed by atoms with Gasteiger partial charge in [0.1, 0.15) is 0 Å². The number of aliphatic hydroxyl groups is 2. The zero-order chi connectivity index (χ0) is 8.32. The first-order valence-electron chi connectivity index (χ1n) is 3.49. The molecule has 1 aliphatic heterocycles. The molecule has 1 aliphatic rings. The van der Waals surface area contributed by atoms with E-state index in [-0.39, 0.29) is 6.42 Å². The van der Waals surface area contributed by atoms with Crippen LogP contribution in [0.1, 0.15) is 12.8 Å². The Morgan fingerprint density at radius 2 is 2.45 bits per heavy atom. The van der Waals surface area contributed by atoms with Gasteiger partial charge >= 0.3 is 0 Å². The summed E-state index contributed by atoms with van der Waals surface area (Å²) in [5.41, 5.74) is 0. The van der Waals surface area contributed by atoms with Crippen LogP contribution in [0.15, 0.2) is 12.7 Å². The lowest BCUT2D eigenvalue weighted by Gasteiger charge is -2.33. The van der Waals surface area contributed by atoms with E-state index >= 15 is 0 Å². The fourth-order valence-corrected chi connectivity index (χ4v) is 0.914. The van der Waals surface area contributed by atoms with Crippen LogP contribution in [0.5, 0.6) is 0 Å². The van der Waals surface area contributed by atoms with E-state index in [1.807, 2.05) is 0 Å². The van der Waals surface area contributed by atoms with Gasteiger partial charge in [0.15, 0.2) is 6.29 Å². The van der Waals surface area contributed by atoms with Crippen LogP contribution >= 0.6 is 0 Å². The normalized spacial score (nSPS) is 38.5. The summed E-state index contributed by atoms with van der Waals surface area (Å²) in [4.78, 5) is 0. The number of hydrogen-bond acceptors (Lipinski definition) is 4. The molecule has 0 aliphatic carbocycles. The molecule has 2 N–H and O–H groups in total. The largest absolute Gasteiger partial charge is 0.368 e.